The minimum Gasteiger partial charge on any atom is -0.340 e. The molecule has 1 amide bonds. The van der Waals surface area contributed by atoms with Gasteiger partial charge in [0.25, 0.3) is 0 Å². The Bertz CT molecular complexity index is 1010. The number of carbonyl (C=O) groups is 1. The standard InChI is InChI=1S/C20H24N8O/c1-13-10-14(2)22-20(21-13)28-9-5-7-16(12-28)19(29)23-17-8-4-6-15(11-17)18-24-26-27(3)25-18/h4,6,8,10-11,16H,5,7,9,12H2,1-3H3,(H,23,29)/t16-/m0/s1. The SMILES string of the molecule is Cc1cc(C)nc(N2CCC[C@H](C(=O)Nc3cccc(-c4nnn(C)n4)c3)C2)n1. The second-order valence-corrected chi connectivity index (χ2v) is 7.41. The van der Waals surface area contributed by atoms with Crippen LogP contribution < -0.4 is 10.2 Å². The lowest BCUT2D eigenvalue weighted by molar-refractivity contribution is -0.120. The van der Waals surface area contributed by atoms with Crippen molar-refractivity contribution < 1.29 is 4.79 Å². The van der Waals surface area contributed by atoms with Crippen LogP contribution in [0.4, 0.5) is 11.6 Å². The molecule has 0 saturated carbocycles. The molecule has 3 heterocycles. The van der Waals surface area contributed by atoms with Crippen molar-refractivity contribution in [3.05, 3.63) is 41.7 Å². The summed E-state index contributed by atoms with van der Waals surface area (Å²) in [5.74, 6) is 1.12. The molecule has 0 aliphatic carbocycles. The van der Waals surface area contributed by atoms with Crippen molar-refractivity contribution in [3.63, 3.8) is 0 Å². The minimum atomic E-state index is -0.119. The number of anilines is 2. The van der Waals surface area contributed by atoms with Crippen LogP contribution in [0.5, 0.6) is 0 Å². The van der Waals surface area contributed by atoms with E-state index < -0.39 is 0 Å². The van der Waals surface area contributed by atoms with Gasteiger partial charge in [-0.1, -0.05) is 12.1 Å². The van der Waals surface area contributed by atoms with Crippen molar-refractivity contribution in [1.29, 1.82) is 0 Å². The Hall–Kier alpha value is -3.36. The highest BCUT2D eigenvalue weighted by atomic mass is 16.1. The molecule has 0 radical (unpaired) electrons. The van der Waals surface area contributed by atoms with Crippen LogP contribution in [-0.2, 0) is 11.8 Å². The van der Waals surface area contributed by atoms with Crippen molar-refractivity contribution >= 4 is 17.5 Å². The Morgan fingerprint density at radius 3 is 2.69 bits per heavy atom. The number of hydrogen-bond acceptors (Lipinski definition) is 7. The summed E-state index contributed by atoms with van der Waals surface area (Å²) >= 11 is 0. The number of benzene rings is 1. The van der Waals surface area contributed by atoms with E-state index in [1.165, 1.54) is 4.80 Å². The molecule has 1 fully saturated rings. The number of aryl methyl sites for hydroxylation is 3. The number of rotatable bonds is 4. The molecule has 29 heavy (non-hydrogen) atoms. The van der Waals surface area contributed by atoms with Crippen LogP contribution in [0.2, 0.25) is 0 Å². The van der Waals surface area contributed by atoms with Gasteiger partial charge in [0.15, 0.2) is 0 Å². The van der Waals surface area contributed by atoms with Gasteiger partial charge < -0.3 is 10.2 Å². The largest absolute Gasteiger partial charge is 0.340 e. The highest BCUT2D eigenvalue weighted by Crippen LogP contribution is 2.24. The topological polar surface area (TPSA) is 102 Å². The van der Waals surface area contributed by atoms with Gasteiger partial charge in [-0.25, -0.2) is 9.97 Å². The van der Waals surface area contributed by atoms with E-state index in [9.17, 15) is 4.79 Å². The maximum atomic E-state index is 12.9. The lowest BCUT2D eigenvalue weighted by Crippen LogP contribution is -2.41. The van der Waals surface area contributed by atoms with Gasteiger partial charge in [-0.2, -0.15) is 4.80 Å². The van der Waals surface area contributed by atoms with Crippen molar-refractivity contribution in [1.82, 2.24) is 30.2 Å². The van der Waals surface area contributed by atoms with Gasteiger partial charge in [0.05, 0.1) is 13.0 Å². The normalized spacial score (nSPS) is 16.7. The van der Waals surface area contributed by atoms with Crippen LogP contribution in [0.3, 0.4) is 0 Å². The highest BCUT2D eigenvalue weighted by Gasteiger charge is 2.27. The molecule has 3 aromatic rings. The molecule has 1 aliphatic rings. The molecule has 4 rings (SSSR count). The third kappa shape index (κ3) is 4.39. The maximum absolute atomic E-state index is 12.9. The van der Waals surface area contributed by atoms with Crippen molar-refractivity contribution in [3.8, 4) is 11.4 Å². The van der Waals surface area contributed by atoms with Gasteiger partial charge in [0, 0.05) is 35.7 Å². The van der Waals surface area contributed by atoms with E-state index in [-0.39, 0.29) is 11.8 Å². The first-order chi connectivity index (χ1) is 14.0. The zero-order valence-electron chi connectivity index (χ0n) is 16.8. The number of amides is 1. The molecule has 9 heteroatoms. The monoisotopic (exact) mass is 392 g/mol. The number of nitrogens with one attached hydrogen (secondary N) is 1. The second-order valence-electron chi connectivity index (χ2n) is 7.41. The fourth-order valence-electron chi connectivity index (χ4n) is 3.60. The van der Waals surface area contributed by atoms with Crippen LogP contribution in [0.1, 0.15) is 24.2 Å². The summed E-state index contributed by atoms with van der Waals surface area (Å²) in [6.07, 6.45) is 1.77. The maximum Gasteiger partial charge on any atom is 0.229 e. The van der Waals surface area contributed by atoms with Crippen LogP contribution in [0.25, 0.3) is 11.4 Å². The van der Waals surface area contributed by atoms with Crippen LogP contribution in [-0.4, -0.2) is 49.2 Å². The first-order valence-corrected chi connectivity index (χ1v) is 9.70. The summed E-state index contributed by atoms with van der Waals surface area (Å²) in [5, 5.41) is 15.1. The lowest BCUT2D eigenvalue weighted by Gasteiger charge is -2.32. The predicted octanol–water partition coefficient (Wildman–Crippen LogP) is 2.14. The highest BCUT2D eigenvalue weighted by molar-refractivity contribution is 5.93. The van der Waals surface area contributed by atoms with Crippen LogP contribution in [0.15, 0.2) is 30.3 Å². The average molecular weight is 392 g/mol. The molecule has 2 aromatic heterocycles. The molecule has 0 unspecified atom stereocenters. The van der Waals surface area contributed by atoms with Crippen LogP contribution in [0, 0.1) is 19.8 Å². The van der Waals surface area contributed by atoms with Gasteiger partial charge >= 0.3 is 0 Å². The number of piperidine rings is 1. The Kier molecular flexibility index (Phi) is 5.20. The molecule has 1 atom stereocenters. The van der Waals surface area contributed by atoms with Crippen LogP contribution >= 0.6 is 0 Å². The summed E-state index contributed by atoms with van der Waals surface area (Å²) in [5.41, 5.74) is 3.41. The predicted molar refractivity (Wildman–Crippen MR) is 109 cm³/mol. The Morgan fingerprint density at radius 2 is 1.97 bits per heavy atom. The van der Waals surface area contributed by atoms with E-state index in [2.05, 4.69) is 35.6 Å². The molecule has 9 nitrogen and oxygen atoms in total. The number of nitrogens with zero attached hydrogens (tertiary/aromatic N) is 7. The third-order valence-corrected chi connectivity index (χ3v) is 4.94. The Balaban J connectivity index is 1.46. The van der Waals surface area contributed by atoms with Gasteiger partial charge in [-0.15, -0.1) is 10.2 Å². The van der Waals surface area contributed by atoms with Crippen molar-refractivity contribution in [2.75, 3.05) is 23.3 Å². The minimum absolute atomic E-state index is 0.00308. The molecule has 0 spiro atoms. The van der Waals surface area contributed by atoms with Gasteiger partial charge in [-0.3, -0.25) is 4.79 Å². The molecule has 1 aliphatic heterocycles. The Labute approximate surface area is 169 Å². The average Bonchev–Trinajstić information content (AvgIpc) is 3.14. The van der Waals surface area contributed by atoms with Crippen molar-refractivity contribution in [2.45, 2.75) is 26.7 Å². The smallest absolute Gasteiger partial charge is 0.229 e. The zero-order valence-corrected chi connectivity index (χ0v) is 16.8. The summed E-state index contributed by atoms with van der Waals surface area (Å²) < 4.78 is 0. The van der Waals surface area contributed by atoms with Gasteiger partial charge in [-0.05, 0) is 50.1 Å². The number of aromatic nitrogens is 6. The van der Waals surface area contributed by atoms with E-state index in [0.717, 1.165) is 42.0 Å². The fourth-order valence-corrected chi connectivity index (χ4v) is 3.60. The van der Waals surface area contributed by atoms with Gasteiger partial charge in [0.2, 0.25) is 17.7 Å². The first-order valence-electron chi connectivity index (χ1n) is 9.70. The third-order valence-electron chi connectivity index (χ3n) is 4.94. The summed E-state index contributed by atoms with van der Waals surface area (Å²) in [7, 11) is 1.72. The molecule has 1 N–H and O–H groups in total. The first kappa shape index (κ1) is 19.0. The molecule has 1 saturated heterocycles. The van der Waals surface area contributed by atoms with E-state index in [0.29, 0.717) is 18.3 Å². The van der Waals surface area contributed by atoms with E-state index in [1.54, 1.807) is 7.05 Å². The molecule has 1 aromatic carbocycles. The quantitative estimate of drug-likeness (QED) is 0.726. The molecule has 0 bridgehead atoms. The van der Waals surface area contributed by atoms with Crippen molar-refractivity contribution in [2.24, 2.45) is 13.0 Å². The van der Waals surface area contributed by atoms with E-state index in [1.807, 2.05) is 44.2 Å². The molecular formula is C20H24N8O. The van der Waals surface area contributed by atoms with E-state index in [4.69, 9.17) is 0 Å². The fraction of sp³-hybridized carbons (Fsp3) is 0.400. The molecule has 150 valence electrons. The summed E-state index contributed by atoms with van der Waals surface area (Å²) in [4.78, 5) is 25.5. The Morgan fingerprint density at radius 1 is 1.17 bits per heavy atom. The summed E-state index contributed by atoms with van der Waals surface area (Å²) in [6.45, 7) is 5.40. The number of carbonyl (C=O) groups excluding carboxylic acids is 1. The number of hydrogen-bond donors (Lipinski definition) is 1. The zero-order chi connectivity index (χ0) is 20.4. The number of tetrazole rings is 1. The molecular weight excluding hydrogens is 368 g/mol. The second kappa shape index (κ2) is 7.94. The lowest BCUT2D eigenvalue weighted by atomic mass is 9.97. The van der Waals surface area contributed by atoms with E-state index >= 15 is 0 Å². The van der Waals surface area contributed by atoms with Gasteiger partial charge in [0.1, 0.15) is 0 Å². The summed E-state index contributed by atoms with van der Waals surface area (Å²) in [6, 6.07) is 9.45.